The summed E-state index contributed by atoms with van der Waals surface area (Å²) < 4.78 is 47.3. The van der Waals surface area contributed by atoms with Crippen LogP contribution in [0.4, 0.5) is 19.0 Å². The molecule has 0 amide bonds. The van der Waals surface area contributed by atoms with Crippen LogP contribution in [0.3, 0.4) is 0 Å². The fourth-order valence-electron chi connectivity index (χ4n) is 5.22. The summed E-state index contributed by atoms with van der Waals surface area (Å²) in [5.41, 5.74) is 2.28. The highest BCUT2D eigenvalue weighted by Gasteiger charge is 2.49. The van der Waals surface area contributed by atoms with Crippen LogP contribution in [0.25, 0.3) is 17.0 Å². The summed E-state index contributed by atoms with van der Waals surface area (Å²) in [5.74, 6) is -0.491. The fourth-order valence-corrected chi connectivity index (χ4v) is 5.22. The number of fused-ring (bicyclic) bond motifs is 1. The molecule has 182 valence electrons. The summed E-state index contributed by atoms with van der Waals surface area (Å²) >= 11 is 0. The molecule has 1 spiro atoms. The van der Waals surface area contributed by atoms with Crippen molar-refractivity contribution >= 4 is 11.5 Å². The summed E-state index contributed by atoms with van der Waals surface area (Å²) in [6, 6.07) is 2.64. The lowest BCUT2D eigenvalue weighted by Gasteiger charge is -2.54. The Labute approximate surface area is 196 Å². The predicted molar refractivity (Wildman–Crippen MR) is 123 cm³/mol. The molecule has 1 saturated heterocycles. The van der Waals surface area contributed by atoms with E-state index in [0.29, 0.717) is 41.4 Å². The lowest BCUT2D eigenvalue weighted by molar-refractivity contribution is 0.00648. The molecule has 0 bridgehead atoms. The van der Waals surface area contributed by atoms with E-state index in [1.807, 2.05) is 6.07 Å². The number of nitrogens with one attached hydrogen (secondary N) is 2. The number of nitrogens with zero attached hydrogens (tertiary/aromatic N) is 4. The molecule has 3 aliphatic rings. The second kappa shape index (κ2) is 9.05. The third-order valence-electron chi connectivity index (χ3n) is 7.27. The first kappa shape index (κ1) is 22.9. The minimum absolute atomic E-state index is 0.00550. The monoisotopic (exact) mass is 474 g/mol. The van der Waals surface area contributed by atoms with Crippen LogP contribution < -0.4 is 15.4 Å². The van der Waals surface area contributed by atoms with Crippen molar-refractivity contribution in [2.45, 2.75) is 50.6 Å². The molecule has 1 aliphatic heterocycles. The van der Waals surface area contributed by atoms with Crippen molar-refractivity contribution in [3.63, 3.8) is 0 Å². The van der Waals surface area contributed by atoms with Crippen LogP contribution in [0.5, 0.6) is 5.75 Å². The number of pyridine rings is 1. The molecule has 6 rings (SSSR count). The topological polar surface area (TPSA) is 76.4 Å². The van der Waals surface area contributed by atoms with Crippen molar-refractivity contribution in [1.29, 1.82) is 0 Å². The second-order valence-corrected chi connectivity index (χ2v) is 9.46. The van der Waals surface area contributed by atoms with E-state index in [0.717, 1.165) is 31.1 Å². The first-order chi connectivity index (χ1) is 16.4. The quantitative estimate of drug-likeness (QED) is 0.581. The number of rotatable bonds is 4. The predicted octanol–water partition coefficient (Wildman–Crippen LogP) is 4.49. The van der Waals surface area contributed by atoms with Crippen LogP contribution in [-0.4, -0.2) is 53.0 Å². The van der Waals surface area contributed by atoms with Gasteiger partial charge in [-0.1, -0.05) is 6.42 Å². The Kier molecular flexibility index (Phi) is 6.09. The van der Waals surface area contributed by atoms with E-state index in [1.165, 1.54) is 32.5 Å². The molecule has 2 saturated carbocycles. The SMILES string of the molecule is CNc1nc(-c2cnc3cc(OC)c(C4CC5(CCC5)C4)nn23)c(F)cc1F.FC1CCNC1. The minimum atomic E-state index is -0.755. The first-order valence-corrected chi connectivity index (χ1v) is 11.7. The number of ether oxygens (including phenoxy) is 1. The highest BCUT2D eigenvalue weighted by atomic mass is 19.1. The number of anilines is 1. The third-order valence-corrected chi connectivity index (χ3v) is 7.27. The van der Waals surface area contributed by atoms with E-state index in [1.54, 1.807) is 11.6 Å². The van der Waals surface area contributed by atoms with Crippen molar-refractivity contribution < 1.29 is 17.9 Å². The number of aromatic nitrogens is 4. The Balaban J connectivity index is 0.000000351. The highest BCUT2D eigenvalue weighted by Crippen LogP contribution is 2.62. The van der Waals surface area contributed by atoms with Gasteiger partial charge in [-0.05, 0) is 44.1 Å². The Morgan fingerprint density at radius 2 is 2.00 bits per heavy atom. The smallest absolute Gasteiger partial charge is 0.168 e. The zero-order chi connectivity index (χ0) is 23.9. The molecule has 1 unspecified atom stereocenters. The number of imidazole rings is 1. The van der Waals surface area contributed by atoms with Gasteiger partial charge in [0.2, 0.25) is 0 Å². The maximum absolute atomic E-state index is 14.5. The molecule has 3 fully saturated rings. The zero-order valence-corrected chi connectivity index (χ0v) is 19.4. The Morgan fingerprint density at radius 3 is 2.56 bits per heavy atom. The van der Waals surface area contributed by atoms with Crippen molar-refractivity contribution in [1.82, 2.24) is 24.9 Å². The van der Waals surface area contributed by atoms with Crippen molar-refractivity contribution in [2.75, 3.05) is 32.6 Å². The Morgan fingerprint density at radius 1 is 1.21 bits per heavy atom. The number of halogens is 3. The summed E-state index contributed by atoms with van der Waals surface area (Å²) in [6.07, 6.45) is 7.76. The standard InChI is InChI=1S/C20H21F2N5O.C4H8FN/c1-23-19-13(22)6-12(21)18(25-19)14-10-24-16-7-15(28-2)17(26-27(14)16)11-8-20(9-11)4-3-5-20;5-4-1-2-6-3-4/h6-7,10-11H,3-5,8-9H2,1-2H3,(H,23,25);4,6H,1-3H2. The first-order valence-electron chi connectivity index (χ1n) is 11.7. The van der Waals surface area contributed by atoms with Crippen LogP contribution >= 0.6 is 0 Å². The van der Waals surface area contributed by atoms with Crippen LogP contribution in [0.15, 0.2) is 18.3 Å². The van der Waals surface area contributed by atoms with Crippen LogP contribution in [0.2, 0.25) is 0 Å². The fraction of sp³-hybridized carbons (Fsp3) is 0.542. The molecule has 2 N–H and O–H groups in total. The van der Waals surface area contributed by atoms with E-state index in [-0.39, 0.29) is 11.5 Å². The van der Waals surface area contributed by atoms with Gasteiger partial charge in [0.15, 0.2) is 23.1 Å². The average molecular weight is 475 g/mol. The summed E-state index contributed by atoms with van der Waals surface area (Å²) in [5, 5.41) is 10.3. The number of methoxy groups -OCH3 is 1. The van der Waals surface area contributed by atoms with Gasteiger partial charge >= 0.3 is 0 Å². The van der Waals surface area contributed by atoms with E-state index < -0.39 is 17.8 Å². The average Bonchev–Trinajstić information content (AvgIpc) is 3.40. The molecule has 2 aliphatic carbocycles. The van der Waals surface area contributed by atoms with Gasteiger partial charge in [0.05, 0.1) is 13.3 Å². The van der Waals surface area contributed by atoms with Gasteiger partial charge in [0, 0.05) is 31.6 Å². The number of alkyl halides is 1. The molecule has 10 heteroatoms. The van der Waals surface area contributed by atoms with E-state index in [9.17, 15) is 13.2 Å². The second-order valence-electron chi connectivity index (χ2n) is 9.46. The van der Waals surface area contributed by atoms with Gasteiger partial charge in [0.25, 0.3) is 0 Å². The van der Waals surface area contributed by atoms with Gasteiger partial charge < -0.3 is 15.4 Å². The lowest BCUT2D eigenvalue weighted by atomic mass is 9.51. The molecule has 4 heterocycles. The molecule has 3 aromatic heterocycles. The molecular weight excluding hydrogens is 445 g/mol. The molecule has 7 nitrogen and oxygen atoms in total. The van der Waals surface area contributed by atoms with E-state index in [4.69, 9.17) is 9.84 Å². The highest BCUT2D eigenvalue weighted by molar-refractivity contribution is 5.63. The maximum atomic E-state index is 14.5. The van der Waals surface area contributed by atoms with Gasteiger partial charge in [-0.2, -0.15) is 5.10 Å². The molecule has 0 radical (unpaired) electrons. The van der Waals surface area contributed by atoms with Gasteiger partial charge in [-0.15, -0.1) is 0 Å². The Bertz CT molecular complexity index is 1180. The lowest BCUT2D eigenvalue weighted by Crippen LogP contribution is -2.41. The van der Waals surface area contributed by atoms with Gasteiger partial charge in [-0.3, -0.25) is 0 Å². The Hall–Kier alpha value is -2.88. The number of hydrogen-bond donors (Lipinski definition) is 2. The van der Waals surface area contributed by atoms with E-state index >= 15 is 0 Å². The number of hydrogen-bond acceptors (Lipinski definition) is 6. The minimum Gasteiger partial charge on any atom is -0.495 e. The summed E-state index contributed by atoms with van der Waals surface area (Å²) in [4.78, 5) is 8.41. The molecular formula is C24H29F3N6O. The summed E-state index contributed by atoms with van der Waals surface area (Å²) in [6.45, 7) is 1.43. The molecule has 1 atom stereocenters. The third kappa shape index (κ3) is 4.08. The zero-order valence-electron chi connectivity index (χ0n) is 19.4. The normalized spacial score (nSPS) is 21.0. The van der Waals surface area contributed by atoms with Gasteiger partial charge in [-0.25, -0.2) is 27.7 Å². The molecule has 34 heavy (non-hydrogen) atoms. The van der Waals surface area contributed by atoms with Crippen molar-refractivity contribution in [2.24, 2.45) is 5.41 Å². The largest absolute Gasteiger partial charge is 0.495 e. The van der Waals surface area contributed by atoms with Crippen LogP contribution in [0, 0.1) is 17.0 Å². The van der Waals surface area contributed by atoms with Crippen molar-refractivity contribution in [3.8, 4) is 17.1 Å². The maximum Gasteiger partial charge on any atom is 0.168 e. The van der Waals surface area contributed by atoms with Crippen LogP contribution in [0.1, 0.15) is 50.1 Å². The molecule has 3 aromatic rings. The van der Waals surface area contributed by atoms with E-state index in [2.05, 4.69) is 20.6 Å². The summed E-state index contributed by atoms with van der Waals surface area (Å²) in [7, 11) is 3.16. The van der Waals surface area contributed by atoms with Gasteiger partial charge in [0.1, 0.15) is 29.0 Å². The molecule has 0 aromatic carbocycles. The van der Waals surface area contributed by atoms with Crippen molar-refractivity contribution in [3.05, 3.63) is 35.7 Å². The van der Waals surface area contributed by atoms with Crippen LogP contribution in [-0.2, 0) is 0 Å².